The molecule has 158 valence electrons. The lowest BCUT2D eigenvalue weighted by Gasteiger charge is -2.33. The molecule has 1 N–H and O–H groups in total. The lowest BCUT2D eigenvalue weighted by molar-refractivity contribution is -0.163. The number of nitrogens with one attached hydrogen (secondary N) is 1. The molecule has 1 fully saturated rings. The Bertz CT molecular complexity index is 691. The maximum atomic E-state index is 13.1. The van der Waals surface area contributed by atoms with Gasteiger partial charge in [-0.25, -0.2) is 9.59 Å². The molecule has 2 aliphatic rings. The minimum absolute atomic E-state index is 0.183. The third kappa shape index (κ3) is 5.06. The van der Waals surface area contributed by atoms with Crippen molar-refractivity contribution < 1.29 is 28.6 Å². The van der Waals surface area contributed by atoms with Crippen molar-refractivity contribution in [3.63, 3.8) is 0 Å². The summed E-state index contributed by atoms with van der Waals surface area (Å²) in [5.41, 5.74) is -3.57. The molecule has 0 saturated heterocycles. The fourth-order valence-corrected chi connectivity index (χ4v) is 3.42. The van der Waals surface area contributed by atoms with Crippen LogP contribution in [0.1, 0.15) is 62.3 Å². The maximum absolute atomic E-state index is 13.1. The zero-order chi connectivity index (χ0) is 21.7. The van der Waals surface area contributed by atoms with Crippen LogP contribution in [0.2, 0.25) is 0 Å². The van der Waals surface area contributed by atoms with Crippen LogP contribution < -0.4 is 5.32 Å². The molecule has 28 heavy (non-hydrogen) atoms. The van der Waals surface area contributed by atoms with E-state index in [-0.39, 0.29) is 11.9 Å². The number of esters is 2. The van der Waals surface area contributed by atoms with Crippen molar-refractivity contribution in [3.05, 3.63) is 12.2 Å². The van der Waals surface area contributed by atoms with Crippen LogP contribution >= 0.6 is 0 Å². The van der Waals surface area contributed by atoms with Crippen molar-refractivity contribution in [3.8, 4) is 0 Å². The summed E-state index contributed by atoms with van der Waals surface area (Å²) in [5.74, 6) is -2.14. The zero-order valence-electron chi connectivity index (χ0n) is 18.3. The largest absolute Gasteiger partial charge is 0.460 e. The molecule has 1 saturated carbocycles. The van der Waals surface area contributed by atoms with Crippen molar-refractivity contribution >= 4 is 18.0 Å². The predicted molar refractivity (Wildman–Crippen MR) is 103 cm³/mol. The number of ether oxygens (including phenoxy) is 3. The lowest BCUT2D eigenvalue weighted by Crippen LogP contribution is -2.57. The van der Waals surface area contributed by atoms with E-state index in [4.69, 9.17) is 14.2 Å². The van der Waals surface area contributed by atoms with E-state index in [1.807, 2.05) is 0 Å². The van der Waals surface area contributed by atoms with Crippen molar-refractivity contribution in [2.24, 2.45) is 17.8 Å². The highest BCUT2D eigenvalue weighted by Crippen LogP contribution is 2.59. The van der Waals surface area contributed by atoms with Crippen LogP contribution in [0.3, 0.4) is 0 Å². The fraction of sp³-hybridized carbons (Fsp3) is 0.762. The Balaban J connectivity index is 2.28. The summed E-state index contributed by atoms with van der Waals surface area (Å²) >= 11 is 0. The van der Waals surface area contributed by atoms with Crippen molar-refractivity contribution in [1.82, 2.24) is 5.32 Å². The van der Waals surface area contributed by atoms with E-state index in [2.05, 4.69) is 5.32 Å². The smallest absolute Gasteiger partial charge is 0.408 e. The molecule has 1 amide bonds. The molecular formula is C21H33NO6. The van der Waals surface area contributed by atoms with Crippen LogP contribution in [0.5, 0.6) is 0 Å². The van der Waals surface area contributed by atoms with Crippen molar-refractivity contribution in [1.29, 1.82) is 0 Å². The highest BCUT2D eigenvalue weighted by Gasteiger charge is 2.71. The van der Waals surface area contributed by atoms with Gasteiger partial charge in [0.15, 0.2) is 5.54 Å². The Morgan fingerprint density at radius 2 is 1.32 bits per heavy atom. The summed E-state index contributed by atoms with van der Waals surface area (Å²) in [5, 5.41) is 2.68. The van der Waals surface area contributed by atoms with Gasteiger partial charge in [-0.05, 0) is 68.2 Å². The van der Waals surface area contributed by atoms with Crippen LogP contribution in [0.25, 0.3) is 0 Å². The van der Waals surface area contributed by atoms with Crippen LogP contribution in [0.15, 0.2) is 12.2 Å². The summed E-state index contributed by atoms with van der Waals surface area (Å²) < 4.78 is 16.4. The Kier molecular flexibility index (Phi) is 5.38. The summed E-state index contributed by atoms with van der Waals surface area (Å²) in [4.78, 5) is 38.1. The Labute approximate surface area is 167 Å². The summed E-state index contributed by atoms with van der Waals surface area (Å²) in [7, 11) is 0. The van der Waals surface area contributed by atoms with E-state index in [0.717, 1.165) is 0 Å². The molecule has 0 aromatic rings. The molecule has 0 aromatic carbocycles. The fourth-order valence-electron chi connectivity index (χ4n) is 3.42. The number of carbonyl (C=O) groups excluding carboxylic acids is 3. The average molecular weight is 395 g/mol. The molecule has 4 atom stereocenters. The van der Waals surface area contributed by atoms with Crippen LogP contribution in [-0.2, 0) is 23.8 Å². The van der Waals surface area contributed by atoms with E-state index >= 15 is 0 Å². The summed E-state index contributed by atoms with van der Waals surface area (Å²) in [6, 6.07) is 0. The summed E-state index contributed by atoms with van der Waals surface area (Å²) in [6.45, 7) is 15.8. The molecule has 0 radical (unpaired) electrons. The van der Waals surface area contributed by atoms with Gasteiger partial charge in [-0.3, -0.25) is 4.79 Å². The van der Waals surface area contributed by atoms with Gasteiger partial charge in [0.25, 0.3) is 0 Å². The molecular weight excluding hydrogens is 362 g/mol. The van der Waals surface area contributed by atoms with Crippen LogP contribution in [0.4, 0.5) is 4.79 Å². The van der Waals surface area contributed by atoms with Gasteiger partial charge in [0, 0.05) is 5.92 Å². The number of hydrogen-bond donors (Lipinski definition) is 1. The second-order valence-electron chi connectivity index (χ2n) is 10.5. The Morgan fingerprint density at radius 1 is 0.821 bits per heavy atom. The normalized spacial score (nSPS) is 29.0. The second-order valence-corrected chi connectivity index (χ2v) is 10.5. The average Bonchev–Trinajstić information content (AvgIpc) is 3.02. The van der Waals surface area contributed by atoms with Crippen LogP contribution in [-0.4, -0.2) is 40.4 Å². The number of carbonyl (C=O) groups is 3. The Morgan fingerprint density at radius 3 is 1.79 bits per heavy atom. The van der Waals surface area contributed by atoms with Crippen molar-refractivity contribution in [2.45, 2.75) is 84.7 Å². The van der Waals surface area contributed by atoms with E-state index in [1.165, 1.54) is 0 Å². The molecule has 0 bridgehead atoms. The third-order valence-corrected chi connectivity index (χ3v) is 4.31. The maximum Gasteiger partial charge on any atom is 0.408 e. The molecule has 7 heteroatoms. The minimum atomic E-state index is -1.46. The molecule has 0 aromatic heterocycles. The first-order chi connectivity index (χ1) is 12.5. The molecule has 0 heterocycles. The number of rotatable bonds is 3. The SMILES string of the molecule is CC(C)(C)OC(=O)NC1(C(=O)OC(C)(C)C)C=CC2C(C(=O)OC(C)(C)C)C21. The first kappa shape index (κ1) is 22.2. The standard InChI is InChI=1S/C21H33NO6/c1-18(2,3)26-15(23)13-12-10-11-21(14(12)13,16(24)27-19(4,5)6)22-17(25)28-20(7,8)9/h10-14H,1-9H3,(H,22,25). The molecule has 0 spiro atoms. The van der Waals surface area contributed by atoms with Gasteiger partial charge >= 0.3 is 18.0 Å². The van der Waals surface area contributed by atoms with Gasteiger partial charge in [0.05, 0.1) is 5.92 Å². The van der Waals surface area contributed by atoms with Gasteiger partial charge in [-0.15, -0.1) is 0 Å². The van der Waals surface area contributed by atoms with E-state index in [1.54, 1.807) is 74.5 Å². The number of allylic oxidation sites excluding steroid dienone is 1. The first-order valence-electron chi connectivity index (χ1n) is 9.62. The van der Waals surface area contributed by atoms with Gasteiger partial charge in [0.2, 0.25) is 0 Å². The highest BCUT2D eigenvalue weighted by molar-refractivity contribution is 5.93. The van der Waals surface area contributed by atoms with Gasteiger partial charge in [-0.2, -0.15) is 0 Å². The van der Waals surface area contributed by atoms with Gasteiger partial charge in [-0.1, -0.05) is 12.2 Å². The summed E-state index contributed by atoms with van der Waals surface area (Å²) in [6.07, 6.45) is 2.65. The quantitative estimate of drug-likeness (QED) is 0.448. The van der Waals surface area contributed by atoms with E-state index in [9.17, 15) is 14.4 Å². The van der Waals surface area contributed by atoms with Gasteiger partial charge in [0.1, 0.15) is 16.8 Å². The molecule has 0 aliphatic heterocycles. The van der Waals surface area contributed by atoms with E-state index < -0.39 is 46.2 Å². The second kappa shape index (κ2) is 6.78. The monoisotopic (exact) mass is 395 g/mol. The Hall–Kier alpha value is -2.05. The van der Waals surface area contributed by atoms with Gasteiger partial charge < -0.3 is 19.5 Å². The van der Waals surface area contributed by atoms with Crippen LogP contribution in [0, 0.1) is 17.8 Å². The first-order valence-corrected chi connectivity index (χ1v) is 9.62. The number of amides is 1. The number of hydrogen-bond acceptors (Lipinski definition) is 6. The molecule has 7 nitrogen and oxygen atoms in total. The van der Waals surface area contributed by atoms with E-state index in [0.29, 0.717) is 0 Å². The number of alkyl carbamates (subject to hydrolysis) is 1. The van der Waals surface area contributed by atoms with Crippen molar-refractivity contribution in [2.75, 3.05) is 0 Å². The molecule has 2 aliphatic carbocycles. The topological polar surface area (TPSA) is 90.9 Å². The lowest BCUT2D eigenvalue weighted by atomic mass is 9.92. The molecule has 4 unspecified atom stereocenters. The predicted octanol–water partition coefficient (Wildman–Crippen LogP) is 3.37. The number of fused-ring (bicyclic) bond motifs is 1. The highest BCUT2D eigenvalue weighted by atomic mass is 16.6. The molecule has 2 rings (SSSR count). The third-order valence-electron chi connectivity index (χ3n) is 4.31. The zero-order valence-corrected chi connectivity index (χ0v) is 18.3. The minimum Gasteiger partial charge on any atom is -0.460 e.